The maximum absolute atomic E-state index is 6.44. The third-order valence-corrected chi connectivity index (χ3v) is 10.9. The first kappa shape index (κ1) is 32.1. The van der Waals surface area contributed by atoms with Crippen molar-refractivity contribution in [1.82, 2.24) is 19.5 Å². The van der Waals surface area contributed by atoms with Crippen LogP contribution < -0.4 is 0 Å². The van der Waals surface area contributed by atoms with Gasteiger partial charge in [0.05, 0.1) is 11.0 Å². The average Bonchev–Trinajstić information content (AvgIpc) is 3.82. The molecule has 0 unspecified atom stereocenters. The smallest absolute Gasteiger partial charge is 0.238 e. The molecule has 1 aliphatic rings. The molecular formula is C51H34N4O. The lowest BCUT2D eigenvalue weighted by molar-refractivity contribution is 0.669. The summed E-state index contributed by atoms with van der Waals surface area (Å²) in [6.45, 7) is 0. The van der Waals surface area contributed by atoms with E-state index in [0.29, 0.717) is 17.6 Å². The van der Waals surface area contributed by atoms with Crippen molar-refractivity contribution in [2.45, 2.75) is 12.8 Å². The number of nitrogens with zero attached hydrogens (tertiary/aromatic N) is 4. The number of hydrogen-bond acceptors (Lipinski definition) is 4. The van der Waals surface area contributed by atoms with Crippen LogP contribution in [0.3, 0.4) is 0 Å². The van der Waals surface area contributed by atoms with Crippen molar-refractivity contribution in [2.75, 3.05) is 0 Å². The normalized spacial score (nSPS) is 12.9. The van der Waals surface area contributed by atoms with E-state index in [1.165, 1.54) is 22.3 Å². The molecule has 7 aromatic carbocycles. The SMILES string of the molecule is C1=CC(c2ccc3oc4ccccc4c3c2-c2ccc3c(c2)c2ccccc2n3-c2nc(-c3ccccc3)nc(-c3ccc(-c4ccccc4)cc3)n2)=CCC1. The van der Waals surface area contributed by atoms with Gasteiger partial charge in [-0.05, 0) is 71.0 Å². The minimum atomic E-state index is 0.570. The molecule has 5 nitrogen and oxygen atoms in total. The van der Waals surface area contributed by atoms with Gasteiger partial charge in [-0.15, -0.1) is 0 Å². The third kappa shape index (κ3) is 5.36. The van der Waals surface area contributed by atoms with Gasteiger partial charge in [-0.1, -0.05) is 152 Å². The van der Waals surface area contributed by atoms with Crippen LogP contribution in [0.1, 0.15) is 18.4 Å². The highest BCUT2D eigenvalue weighted by Crippen LogP contribution is 2.44. The fourth-order valence-corrected chi connectivity index (χ4v) is 8.27. The summed E-state index contributed by atoms with van der Waals surface area (Å²) >= 11 is 0. The van der Waals surface area contributed by atoms with E-state index >= 15 is 0 Å². The fraction of sp³-hybridized carbons (Fsp3) is 0.0392. The van der Waals surface area contributed by atoms with Crippen molar-refractivity contribution in [3.05, 3.63) is 188 Å². The number of hydrogen-bond donors (Lipinski definition) is 0. The Morgan fingerprint density at radius 3 is 1.86 bits per heavy atom. The van der Waals surface area contributed by atoms with Gasteiger partial charge in [-0.25, -0.2) is 4.98 Å². The number of para-hydroxylation sites is 2. The minimum Gasteiger partial charge on any atom is -0.456 e. The molecule has 3 aromatic heterocycles. The fourth-order valence-electron chi connectivity index (χ4n) is 8.27. The van der Waals surface area contributed by atoms with Crippen LogP contribution >= 0.6 is 0 Å². The van der Waals surface area contributed by atoms with E-state index in [0.717, 1.165) is 78.8 Å². The van der Waals surface area contributed by atoms with Crippen LogP contribution in [0, 0.1) is 0 Å². The molecule has 0 saturated carbocycles. The quantitative estimate of drug-likeness (QED) is 0.172. The predicted octanol–water partition coefficient (Wildman–Crippen LogP) is 13.3. The van der Waals surface area contributed by atoms with Crippen molar-refractivity contribution in [3.8, 4) is 51.0 Å². The molecule has 264 valence electrons. The highest BCUT2D eigenvalue weighted by atomic mass is 16.3. The summed E-state index contributed by atoms with van der Waals surface area (Å²) in [5.41, 5.74) is 12.7. The molecule has 0 atom stereocenters. The van der Waals surface area contributed by atoms with Gasteiger partial charge >= 0.3 is 0 Å². The van der Waals surface area contributed by atoms with Crippen molar-refractivity contribution < 1.29 is 4.42 Å². The molecule has 0 amide bonds. The second kappa shape index (κ2) is 13.2. The Bertz CT molecular complexity index is 3170. The lowest BCUT2D eigenvalue weighted by Crippen LogP contribution is -2.06. The first-order chi connectivity index (χ1) is 27.8. The summed E-state index contributed by atoms with van der Waals surface area (Å²) in [5.74, 6) is 1.81. The first-order valence-corrected chi connectivity index (χ1v) is 19.1. The van der Waals surface area contributed by atoms with Crippen LogP contribution in [0.4, 0.5) is 0 Å². The second-order valence-corrected chi connectivity index (χ2v) is 14.3. The second-order valence-electron chi connectivity index (χ2n) is 14.3. The van der Waals surface area contributed by atoms with Gasteiger partial charge in [0.15, 0.2) is 11.6 Å². The molecule has 0 radical (unpaired) electrons. The molecule has 0 saturated heterocycles. The summed E-state index contributed by atoms with van der Waals surface area (Å²) in [7, 11) is 0. The number of furan rings is 1. The van der Waals surface area contributed by atoms with Crippen LogP contribution in [0.2, 0.25) is 0 Å². The Morgan fingerprint density at radius 1 is 0.464 bits per heavy atom. The van der Waals surface area contributed by atoms with E-state index < -0.39 is 0 Å². The van der Waals surface area contributed by atoms with E-state index in [4.69, 9.17) is 19.4 Å². The van der Waals surface area contributed by atoms with Gasteiger partial charge in [-0.2, -0.15) is 9.97 Å². The van der Waals surface area contributed by atoms with Gasteiger partial charge in [-0.3, -0.25) is 4.57 Å². The Labute approximate surface area is 323 Å². The lowest BCUT2D eigenvalue weighted by atomic mass is 9.88. The van der Waals surface area contributed by atoms with E-state index in [2.05, 4.69) is 144 Å². The molecule has 0 N–H and O–H groups in total. The van der Waals surface area contributed by atoms with Gasteiger partial charge in [0.1, 0.15) is 11.2 Å². The molecule has 0 spiro atoms. The first-order valence-electron chi connectivity index (χ1n) is 19.1. The number of fused-ring (bicyclic) bond motifs is 6. The summed E-state index contributed by atoms with van der Waals surface area (Å²) < 4.78 is 8.62. The van der Waals surface area contributed by atoms with Crippen LogP contribution in [0.25, 0.3) is 100 Å². The summed E-state index contributed by atoms with van der Waals surface area (Å²) in [5, 5.41) is 4.50. The van der Waals surface area contributed by atoms with Crippen LogP contribution in [-0.2, 0) is 0 Å². The van der Waals surface area contributed by atoms with E-state index in [1.807, 2.05) is 42.5 Å². The Kier molecular flexibility index (Phi) is 7.56. The maximum Gasteiger partial charge on any atom is 0.238 e. The summed E-state index contributed by atoms with van der Waals surface area (Å²) in [4.78, 5) is 15.4. The van der Waals surface area contributed by atoms with E-state index in [9.17, 15) is 0 Å². The molecule has 0 fully saturated rings. The molecule has 10 aromatic rings. The zero-order valence-electron chi connectivity index (χ0n) is 30.4. The Balaban J connectivity index is 1.13. The maximum atomic E-state index is 6.44. The van der Waals surface area contributed by atoms with E-state index in [1.54, 1.807) is 0 Å². The average molecular weight is 719 g/mol. The topological polar surface area (TPSA) is 56.7 Å². The standard InChI is InChI=1S/C51H34N4O/c1-4-14-33(15-5-1)34-24-26-37(27-25-34)50-52-49(36-18-8-3-9-19-36)53-51(54-50)55-43-22-12-10-20-40(43)42-32-38(28-30-44(42)55)47-39(35-16-6-2-7-17-35)29-31-46-48(47)41-21-11-13-23-45(41)56-46/h1,3-6,8-32H,2,7H2. The molecule has 56 heavy (non-hydrogen) atoms. The minimum absolute atomic E-state index is 0.570. The van der Waals surface area contributed by atoms with Gasteiger partial charge in [0.2, 0.25) is 5.95 Å². The summed E-state index contributed by atoms with van der Waals surface area (Å²) in [6, 6.07) is 57.1. The molecule has 0 aliphatic heterocycles. The van der Waals surface area contributed by atoms with E-state index in [-0.39, 0.29) is 0 Å². The van der Waals surface area contributed by atoms with Crippen molar-refractivity contribution in [3.63, 3.8) is 0 Å². The van der Waals surface area contributed by atoms with Gasteiger partial charge in [0, 0.05) is 38.2 Å². The molecule has 3 heterocycles. The van der Waals surface area contributed by atoms with Crippen molar-refractivity contribution >= 4 is 49.3 Å². The van der Waals surface area contributed by atoms with Crippen molar-refractivity contribution in [2.24, 2.45) is 0 Å². The van der Waals surface area contributed by atoms with Crippen molar-refractivity contribution in [1.29, 1.82) is 0 Å². The van der Waals surface area contributed by atoms with Gasteiger partial charge in [0.25, 0.3) is 0 Å². The molecule has 5 heteroatoms. The summed E-state index contributed by atoms with van der Waals surface area (Å²) in [6.07, 6.45) is 8.98. The highest BCUT2D eigenvalue weighted by Gasteiger charge is 2.22. The van der Waals surface area contributed by atoms with Crippen LogP contribution in [0.5, 0.6) is 0 Å². The Hall–Kier alpha value is -7.37. The number of aromatic nitrogens is 4. The van der Waals surface area contributed by atoms with Crippen LogP contribution in [-0.4, -0.2) is 19.5 Å². The molecule has 11 rings (SSSR count). The number of allylic oxidation sites excluding steroid dienone is 4. The zero-order chi connectivity index (χ0) is 37.0. The molecule has 1 aliphatic carbocycles. The largest absolute Gasteiger partial charge is 0.456 e. The molecule has 0 bridgehead atoms. The highest BCUT2D eigenvalue weighted by molar-refractivity contribution is 6.17. The predicted molar refractivity (Wildman–Crippen MR) is 230 cm³/mol. The monoisotopic (exact) mass is 718 g/mol. The van der Waals surface area contributed by atoms with Crippen LogP contribution in [0.15, 0.2) is 186 Å². The number of benzene rings is 7. The third-order valence-electron chi connectivity index (χ3n) is 10.9. The van der Waals surface area contributed by atoms with Gasteiger partial charge < -0.3 is 4.42 Å². The zero-order valence-corrected chi connectivity index (χ0v) is 30.4. The lowest BCUT2D eigenvalue weighted by Gasteiger charge is -2.15. The number of rotatable bonds is 6. The Morgan fingerprint density at radius 2 is 1.09 bits per heavy atom. The molecular weight excluding hydrogens is 685 g/mol.